The molecule has 0 aliphatic heterocycles. The molecule has 0 aromatic heterocycles. The number of allylic oxidation sites excluding steroid dienone is 1. The van der Waals surface area contributed by atoms with Crippen molar-refractivity contribution in [3.05, 3.63) is 11.3 Å². The molecule has 0 aliphatic carbocycles. The zero-order valence-corrected chi connectivity index (χ0v) is 6.92. The number of carbonyl (C=O) groups is 2. The third-order valence-electron chi connectivity index (χ3n) is 1.38. The number of rotatable bonds is 3. The Labute approximate surface area is 69.7 Å². The minimum Gasteiger partial charge on any atom is -0.478 e. The molecule has 0 heterocycles. The van der Waals surface area contributed by atoms with Crippen LogP contribution in [-0.4, -0.2) is 22.3 Å². The van der Waals surface area contributed by atoms with Crippen LogP contribution in [0.25, 0.3) is 0 Å². The number of aliphatic carboxylic acids is 1. The summed E-state index contributed by atoms with van der Waals surface area (Å²) in [6, 6.07) is 0. The van der Waals surface area contributed by atoms with E-state index >= 15 is 0 Å². The van der Waals surface area contributed by atoms with Gasteiger partial charge < -0.3 is 10.2 Å². The molecule has 68 valence electrons. The molecule has 12 heavy (non-hydrogen) atoms. The van der Waals surface area contributed by atoms with Crippen molar-refractivity contribution in [1.29, 1.82) is 0 Å². The maximum atomic E-state index is 10.4. The summed E-state index contributed by atoms with van der Waals surface area (Å²) in [5, 5.41) is 18.8. The topological polar surface area (TPSA) is 86.6 Å². The Morgan fingerprint density at radius 1 is 1.33 bits per heavy atom. The fourth-order valence-electron chi connectivity index (χ4n) is 0.705. The number of nitrogens with one attached hydrogen (secondary N) is 1. The van der Waals surface area contributed by atoms with E-state index in [0.29, 0.717) is 6.42 Å². The summed E-state index contributed by atoms with van der Waals surface area (Å²) < 4.78 is 0. The molecule has 0 unspecified atom stereocenters. The molecule has 0 saturated carbocycles. The van der Waals surface area contributed by atoms with E-state index in [9.17, 15) is 9.59 Å². The fraction of sp³-hybridized carbons (Fsp3) is 0.429. The predicted octanol–water partition coefficient (Wildman–Crippen LogP) is 1.02. The molecular formula is C7H11NO4. The van der Waals surface area contributed by atoms with E-state index < -0.39 is 12.1 Å². The minimum absolute atomic E-state index is 0.0277. The third-order valence-corrected chi connectivity index (χ3v) is 1.38. The number of hydrogen-bond acceptors (Lipinski definition) is 2. The second-order valence-corrected chi connectivity index (χ2v) is 2.19. The summed E-state index contributed by atoms with van der Waals surface area (Å²) in [5.41, 5.74) is 0.245. The molecule has 0 bridgehead atoms. The Kier molecular flexibility index (Phi) is 3.82. The first-order chi connectivity index (χ1) is 5.49. The summed E-state index contributed by atoms with van der Waals surface area (Å²) in [6.45, 7) is 3.04. The van der Waals surface area contributed by atoms with Crippen LogP contribution in [0.2, 0.25) is 0 Å². The molecule has 5 nitrogen and oxygen atoms in total. The summed E-state index contributed by atoms with van der Waals surface area (Å²) >= 11 is 0. The zero-order chi connectivity index (χ0) is 9.72. The van der Waals surface area contributed by atoms with E-state index in [1.54, 1.807) is 6.92 Å². The zero-order valence-electron chi connectivity index (χ0n) is 6.92. The van der Waals surface area contributed by atoms with Crippen molar-refractivity contribution in [2.75, 3.05) is 0 Å². The Hall–Kier alpha value is -1.52. The van der Waals surface area contributed by atoms with Gasteiger partial charge in [0.25, 0.3) is 0 Å². The standard InChI is InChI=1S/C7H11NO4/c1-3-5(8-7(11)12)4(2)6(9)10/h8H,3H2,1-2H3,(H,9,10)(H,11,12). The van der Waals surface area contributed by atoms with Gasteiger partial charge in [0.15, 0.2) is 0 Å². The highest BCUT2D eigenvalue weighted by atomic mass is 16.4. The Bertz CT molecular complexity index is 232. The van der Waals surface area contributed by atoms with Crippen LogP contribution >= 0.6 is 0 Å². The molecule has 0 spiro atoms. The monoisotopic (exact) mass is 173 g/mol. The molecule has 0 atom stereocenters. The Balaban J connectivity index is 4.61. The average molecular weight is 173 g/mol. The van der Waals surface area contributed by atoms with Crippen LogP contribution in [0.4, 0.5) is 4.79 Å². The molecule has 0 radical (unpaired) electrons. The third kappa shape index (κ3) is 3.05. The lowest BCUT2D eigenvalue weighted by Gasteiger charge is -2.05. The highest BCUT2D eigenvalue weighted by molar-refractivity contribution is 5.87. The smallest absolute Gasteiger partial charge is 0.408 e. The lowest BCUT2D eigenvalue weighted by atomic mass is 10.2. The Morgan fingerprint density at radius 2 is 1.83 bits per heavy atom. The molecule has 5 heteroatoms. The van der Waals surface area contributed by atoms with Crippen molar-refractivity contribution in [2.45, 2.75) is 20.3 Å². The van der Waals surface area contributed by atoms with Crippen LogP contribution in [0.3, 0.4) is 0 Å². The molecule has 0 saturated heterocycles. The van der Waals surface area contributed by atoms with Crippen molar-refractivity contribution in [2.24, 2.45) is 0 Å². The largest absolute Gasteiger partial charge is 0.478 e. The minimum atomic E-state index is -1.24. The van der Waals surface area contributed by atoms with Gasteiger partial charge in [0, 0.05) is 5.70 Å². The maximum Gasteiger partial charge on any atom is 0.408 e. The molecular weight excluding hydrogens is 162 g/mol. The van der Waals surface area contributed by atoms with Crippen LogP contribution in [0.15, 0.2) is 11.3 Å². The van der Waals surface area contributed by atoms with Gasteiger partial charge in [-0.05, 0) is 13.3 Å². The Morgan fingerprint density at radius 3 is 2.08 bits per heavy atom. The first-order valence-electron chi connectivity index (χ1n) is 3.42. The van der Waals surface area contributed by atoms with Gasteiger partial charge in [-0.1, -0.05) is 6.92 Å². The number of carboxylic acid groups (broad SMARTS) is 2. The first kappa shape index (κ1) is 10.5. The fourth-order valence-corrected chi connectivity index (χ4v) is 0.705. The maximum absolute atomic E-state index is 10.4. The van der Waals surface area contributed by atoms with Crippen molar-refractivity contribution in [1.82, 2.24) is 5.32 Å². The van der Waals surface area contributed by atoms with Gasteiger partial charge in [-0.3, -0.25) is 5.32 Å². The molecule has 0 fully saturated rings. The van der Waals surface area contributed by atoms with Crippen molar-refractivity contribution < 1.29 is 19.8 Å². The molecule has 0 rings (SSSR count). The van der Waals surface area contributed by atoms with E-state index in [0.717, 1.165) is 0 Å². The van der Waals surface area contributed by atoms with Crippen LogP contribution in [0.1, 0.15) is 20.3 Å². The SMILES string of the molecule is CCC(NC(=O)O)=C(C)C(=O)O. The van der Waals surface area contributed by atoms with Gasteiger partial charge >= 0.3 is 12.1 Å². The predicted molar refractivity (Wildman–Crippen MR) is 41.8 cm³/mol. The van der Waals surface area contributed by atoms with Crippen molar-refractivity contribution in [3.63, 3.8) is 0 Å². The van der Waals surface area contributed by atoms with E-state index in [1.807, 2.05) is 5.32 Å². The molecule has 0 aliphatic rings. The van der Waals surface area contributed by atoms with Crippen LogP contribution in [-0.2, 0) is 4.79 Å². The molecule has 0 aromatic carbocycles. The lowest BCUT2D eigenvalue weighted by Crippen LogP contribution is -2.22. The molecule has 0 aromatic rings. The second-order valence-electron chi connectivity index (χ2n) is 2.19. The van der Waals surface area contributed by atoms with Crippen molar-refractivity contribution in [3.8, 4) is 0 Å². The average Bonchev–Trinajstić information content (AvgIpc) is 1.98. The first-order valence-corrected chi connectivity index (χ1v) is 3.42. The van der Waals surface area contributed by atoms with E-state index in [-0.39, 0.29) is 11.3 Å². The summed E-state index contributed by atoms with van der Waals surface area (Å²) in [5.74, 6) is -1.11. The van der Waals surface area contributed by atoms with Gasteiger partial charge in [-0.2, -0.15) is 0 Å². The lowest BCUT2D eigenvalue weighted by molar-refractivity contribution is -0.132. The highest BCUT2D eigenvalue weighted by Gasteiger charge is 2.09. The second kappa shape index (κ2) is 4.38. The van der Waals surface area contributed by atoms with Crippen LogP contribution in [0.5, 0.6) is 0 Å². The van der Waals surface area contributed by atoms with Gasteiger partial charge in [0.1, 0.15) is 0 Å². The summed E-state index contributed by atoms with van der Waals surface area (Å²) in [7, 11) is 0. The van der Waals surface area contributed by atoms with E-state index in [2.05, 4.69) is 0 Å². The van der Waals surface area contributed by atoms with Gasteiger partial charge in [0.2, 0.25) is 0 Å². The highest BCUT2D eigenvalue weighted by Crippen LogP contribution is 2.04. The van der Waals surface area contributed by atoms with Gasteiger partial charge in [-0.25, -0.2) is 9.59 Å². The number of carboxylic acids is 1. The van der Waals surface area contributed by atoms with Crippen molar-refractivity contribution >= 4 is 12.1 Å². The van der Waals surface area contributed by atoms with E-state index in [4.69, 9.17) is 10.2 Å². The van der Waals surface area contributed by atoms with Crippen LogP contribution < -0.4 is 5.32 Å². The number of amides is 1. The normalized spacial score (nSPS) is 11.8. The van der Waals surface area contributed by atoms with E-state index in [1.165, 1.54) is 6.92 Å². The van der Waals surface area contributed by atoms with Gasteiger partial charge in [0.05, 0.1) is 5.57 Å². The number of hydrogen-bond donors (Lipinski definition) is 3. The summed E-state index contributed by atoms with van der Waals surface area (Å²) in [4.78, 5) is 20.5. The van der Waals surface area contributed by atoms with Crippen LogP contribution in [0, 0.1) is 0 Å². The molecule has 3 N–H and O–H groups in total. The summed E-state index contributed by atoms with van der Waals surface area (Å²) in [6.07, 6.45) is -0.891. The quantitative estimate of drug-likeness (QED) is 0.556. The van der Waals surface area contributed by atoms with Gasteiger partial charge in [-0.15, -0.1) is 0 Å². The molecule has 1 amide bonds.